The van der Waals surface area contributed by atoms with E-state index in [0.29, 0.717) is 12.3 Å². The van der Waals surface area contributed by atoms with Crippen LogP contribution in [-0.2, 0) is 6.54 Å². The number of carbonyl (C=O) groups is 1. The van der Waals surface area contributed by atoms with E-state index in [1.807, 2.05) is 41.1 Å². The van der Waals surface area contributed by atoms with Crippen LogP contribution in [-0.4, -0.2) is 17.7 Å². The third-order valence-corrected chi connectivity index (χ3v) is 4.94. The van der Waals surface area contributed by atoms with Gasteiger partial charge in [0.05, 0.1) is 18.0 Å². The number of furan rings is 1. The molecule has 0 radical (unpaired) electrons. The Morgan fingerprint density at radius 3 is 2.70 bits per heavy atom. The number of carbonyl (C=O) groups excluding carboxylic acids is 1. The number of aliphatic hydroxyl groups is 1. The summed E-state index contributed by atoms with van der Waals surface area (Å²) < 4.78 is 5.63. The molecule has 0 aliphatic rings. The Balaban J connectivity index is 1.47. The van der Waals surface area contributed by atoms with Crippen LogP contribution in [0.4, 0.5) is 4.79 Å². The summed E-state index contributed by atoms with van der Waals surface area (Å²) in [6.45, 7) is 0.566. The molecule has 5 nitrogen and oxygen atoms in total. The van der Waals surface area contributed by atoms with E-state index in [4.69, 9.17) is 4.42 Å². The third-order valence-electron chi connectivity index (χ3n) is 3.18. The fourth-order valence-corrected chi connectivity index (χ4v) is 3.35. The van der Waals surface area contributed by atoms with Crippen molar-refractivity contribution in [2.24, 2.45) is 0 Å². The number of aliphatic hydroxyl groups excluding tert-OH is 1. The van der Waals surface area contributed by atoms with E-state index in [9.17, 15) is 9.90 Å². The van der Waals surface area contributed by atoms with Crippen molar-refractivity contribution in [3.05, 3.63) is 57.8 Å². The first-order chi connectivity index (χ1) is 11.2. The summed E-state index contributed by atoms with van der Waals surface area (Å²) in [5, 5.41) is 19.4. The van der Waals surface area contributed by atoms with Crippen LogP contribution in [0.2, 0.25) is 0 Å². The maximum atomic E-state index is 11.7. The van der Waals surface area contributed by atoms with Crippen LogP contribution in [0.1, 0.15) is 16.7 Å². The highest BCUT2D eigenvalue weighted by atomic mass is 32.1. The van der Waals surface area contributed by atoms with Crippen LogP contribution in [0.5, 0.6) is 0 Å². The lowest BCUT2D eigenvalue weighted by atomic mass is 10.3. The molecule has 7 heteroatoms. The number of urea groups is 1. The van der Waals surface area contributed by atoms with Gasteiger partial charge in [-0.3, -0.25) is 0 Å². The topological polar surface area (TPSA) is 74.5 Å². The van der Waals surface area contributed by atoms with Gasteiger partial charge in [0.1, 0.15) is 17.6 Å². The summed E-state index contributed by atoms with van der Waals surface area (Å²) in [5.41, 5.74) is 0. The smallest absolute Gasteiger partial charge is 0.315 e. The van der Waals surface area contributed by atoms with E-state index in [-0.39, 0.29) is 12.6 Å². The summed E-state index contributed by atoms with van der Waals surface area (Å²) in [6.07, 6.45) is -0.879. The van der Waals surface area contributed by atoms with Crippen molar-refractivity contribution in [3.63, 3.8) is 0 Å². The first-order valence-electron chi connectivity index (χ1n) is 7.08. The minimum atomic E-state index is -0.879. The minimum Gasteiger partial charge on any atom is -0.457 e. The van der Waals surface area contributed by atoms with Crippen LogP contribution in [0, 0.1) is 0 Å². The Morgan fingerprint density at radius 1 is 1.13 bits per heavy atom. The van der Waals surface area contributed by atoms with Crippen molar-refractivity contribution in [1.29, 1.82) is 0 Å². The van der Waals surface area contributed by atoms with Gasteiger partial charge in [-0.1, -0.05) is 12.1 Å². The lowest BCUT2D eigenvalue weighted by Crippen LogP contribution is -2.37. The van der Waals surface area contributed by atoms with Gasteiger partial charge in [0, 0.05) is 4.88 Å². The van der Waals surface area contributed by atoms with Crippen LogP contribution >= 0.6 is 22.7 Å². The van der Waals surface area contributed by atoms with Gasteiger partial charge < -0.3 is 20.2 Å². The quantitative estimate of drug-likeness (QED) is 0.637. The van der Waals surface area contributed by atoms with Crippen molar-refractivity contribution < 1.29 is 14.3 Å². The summed E-state index contributed by atoms with van der Waals surface area (Å²) in [7, 11) is 0. The van der Waals surface area contributed by atoms with Crippen molar-refractivity contribution in [2.75, 3.05) is 6.54 Å². The van der Waals surface area contributed by atoms with E-state index in [1.54, 1.807) is 28.7 Å². The van der Waals surface area contributed by atoms with Crippen LogP contribution in [0.25, 0.3) is 10.6 Å². The second-order valence-electron chi connectivity index (χ2n) is 4.84. The van der Waals surface area contributed by atoms with E-state index < -0.39 is 6.10 Å². The van der Waals surface area contributed by atoms with Crippen molar-refractivity contribution in [3.8, 4) is 10.6 Å². The van der Waals surface area contributed by atoms with Crippen LogP contribution in [0.3, 0.4) is 0 Å². The molecule has 1 unspecified atom stereocenters. The highest BCUT2D eigenvalue weighted by Crippen LogP contribution is 2.28. The molecule has 0 saturated carbocycles. The summed E-state index contributed by atoms with van der Waals surface area (Å²) in [6, 6.07) is 11.0. The molecule has 0 bridgehead atoms. The Hall–Kier alpha value is -2.09. The van der Waals surface area contributed by atoms with Crippen LogP contribution in [0.15, 0.2) is 51.6 Å². The minimum absolute atomic E-state index is 0.0909. The van der Waals surface area contributed by atoms with E-state index >= 15 is 0 Å². The fourth-order valence-electron chi connectivity index (χ4n) is 2.02. The Morgan fingerprint density at radius 2 is 1.96 bits per heavy atom. The number of hydrogen-bond donors (Lipinski definition) is 3. The first-order valence-corrected chi connectivity index (χ1v) is 8.84. The van der Waals surface area contributed by atoms with Gasteiger partial charge in [-0.15, -0.1) is 22.7 Å². The molecule has 0 saturated heterocycles. The maximum absolute atomic E-state index is 11.7. The van der Waals surface area contributed by atoms with Gasteiger partial charge in [0.25, 0.3) is 0 Å². The highest BCUT2D eigenvalue weighted by Gasteiger charge is 2.14. The molecular formula is C16H16N2O3S2. The van der Waals surface area contributed by atoms with Crippen molar-refractivity contribution in [1.82, 2.24) is 10.6 Å². The molecular weight excluding hydrogens is 332 g/mol. The summed E-state index contributed by atoms with van der Waals surface area (Å²) in [5.74, 6) is 1.16. The number of nitrogens with one attached hydrogen (secondary N) is 2. The van der Waals surface area contributed by atoms with Crippen LogP contribution < -0.4 is 10.6 Å². The average Bonchev–Trinajstić information content (AvgIpc) is 3.31. The lowest BCUT2D eigenvalue weighted by molar-refractivity contribution is 0.149. The largest absolute Gasteiger partial charge is 0.457 e. The molecule has 2 amide bonds. The number of amides is 2. The Labute approximate surface area is 141 Å². The van der Waals surface area contributed by atoms with Crippen molar-refractivity contribution in [2.45, 2.75) is 12.6 Å². The molecule has 3 aromatic heterocycles. The molecule has 3 rings (SSSR count). The van der Waals surface area contributed by atoms with Gasteiger partial charge in [-0.2, -0.15) is 0 Å². The zero-order chi connectivity index (χ0) is 16.1. The first kappa shape index (κ1) is 15.8. The molecule has 0 aliphatic heterocycles. The second-order valence-corrected chi connectivity index (χ2v) is 6.82. The maximum Gasteiger partial charge on any atom is 0.315 e. The SMILES string of the molecule is O=C(NCc1cccs1)NCC(O)c1ccc(-c2cccs2)o1. The highest BCUT2D eigenvalue weighted by molar-refractivity contribution is 7.13. The van der Waals surface area contributed by atoms with E-state index in [1.165, 1.54) is 0 Å². The van der Waals surface area contributed by atoms with Gasteiger partial charge >= 0.3 is 6.03 Å². The second kappa shape index (κ2) is 7.45. The third kappa shape index (κ3) is 4.22. The zero-order valence-corrected chi connectivity index (χ0v) is 13.8. The summed E-state index contributed by atoms with van der Waals surface area (Å²) in [4.78, 5) is 13.8. The monoisotopic (exact) mass is 348 g/mol. The molecule has 120 valence electrons. The molecule has 0 aliphatic carbocycles. The van der Waals surface area contributed by atoms with Gasteiger partial charge in [-0.05, 0) is 35.0 Å². The molecule has 0 spiro atoms. The van der Waals surface area contributed by atoms with Gasteiger partial charge in [-0.25, -0.2) is 4.79 Å². The lowest BCUT2D eigenvalue weighted by Gasteiger charge is -2.10. The average molecular weight is 348 g/mol. The zero-order valence-electron chi connectivity index (χ0n) is 12.2. The summed E-state index contributed by atoms with van der Waals surface area (Å²) >= 11 is 3.15. The predicted octanol–water partition coefficient (Wildman–Crippen LogP) is 3.60. The number of rotatable bonds is 6. The standard InChI is InChI=1S/C16H16N2O3S2/c19-12(10-18-16(20)17-9-11-3-1-7-22-11)13-5-6-14(21-13)15-4-2-8-23-15/h1-8,12,19H,9-10H2,(H2,17,18,20). The number of hydrogen-bond acceptors (Lipinski definition) is 5. The molecule has 1 atom stereocenters. The molecule has 3 aromatic rings. The normalized spacial score (nSPS) is 12.0. The predicted molar refractivity (Wildman–Crippen MR) is 91.5 cm³/mol. The fraction of sp³-hybridized carbons (Fsp3) is 0.188. The molecule has 3 N–H and O–H groups in total. The van der Waals surface area contributed by atoms with Gasteiger partial charge in [0.2, 0.25) is 0 Å². The molecule has 3 heterocycles. The van der Waals surface area contributed by atoms with E-state index in [2.05, 4.69) is 10.6 Å². The number of thiophene rings is 2. The van der Waals surface area contributed by atoms with Gasteiger partial charge in [0.15, 0.2) is 0 Å². The Kier molecular flexibility index (Phi) is 5.12. The molecule has 23 heavy (non-hydrogen) atoms. The van der Waals surface area contributed by atoms with Crippen molar-refractivity contribution >= 4 is 28.7 Å². The van der Waals surface area contributed by atoms with E-state index in [0.717, 1.165) is 15.5 Å². The molecule has 0 aromatic carbocycles. The Bertz CT molecular complexity index is 735. The molecule has 0 fully saturated rings.